The van der Waals surface area contributed by atoms with Gasteiger partial charge < -0.3 is 10.4 Å². The minimum Gasteiger partial charge on any atom is -0.481 e. The van der Waals surface area contributed by atoms with E-state index in [1.54, 1.807) is 13.8 Å². The first-order valence-electron chi connectivity index (χ1n) is 5.15. The van der Waals surface area contributed by atoms with E-state index in [-0.39, 0.29) is 17.3 Å². The van der Waals surface area contributed by atoms with Crippen molar-refractivity contribution in [2.45, 2.75) is 13.8 Å². The van der Waals surface area contributed by atoms with Crippen LogP contribution in [0.15, 0.2) is 18.2 Å². The van der Waals surface area contributed by atoms with Gasteiger partial charge in [0.05, 0.1) is 21.0 Å². The molecule has 0 saturated carbocycles. The van der Waals surface area contributed by atoms with Crippen LogP contribution in [-0.4, -0.2) is 22.5 Å². The van der Waals surface area contributed by atoms with E-state index in [9.17, 15) is 14.9 Å². The Bertz CT molecular complexity index is 488. The minimum atomic E-state index is -0.953. The van der Waals surface area contributed by atoms with Crippen molar-refractivity contribution in [1.82, 2.24) is 0 Å². The summed E-state index contributed by atoms with van der Waals surface area (Å²) >= 11 is 5.87. The van der Waals surface area contributed by atoms with Gasteiger partial charge >= 0.3 is 5.97 Å². The van der Waals surface area contributed by atoms with E-state index in [1.165, 1.54) is 18.2 Å². The maximum absolute atomic E-state index is 10.9. The summed E-state index contributed by atoms with van der Waals surface area (Å²) < 4.78 is 0. The summed E-state index contributed by atoms with van der Waals surface area (Å²) in [6.45, 7) is 3.31. The SMILES string of the molecule is CC(C)(CNc1ccc([N+](=O)[O-])cc1Cl)C(=O)O. The second-order valence-corrected chi connectivity index (χ2v) is 4.87. The number of nitrogens with zero attached hydrogens (tertiary/aromatic N) is 1. The first-order chi connectivity index (χ1) is 8.24. The van der Waals surface area contributed by atoms with E-state index in [0.29, 0.717) is 5.69 Å². The Kier molecular flexibility index (Phi) is 4.13. The molecule has 0 fully saturated rings. The molecule has 0 aromatic heterocycles. The molecule has 0 aliphatic carbocycles. The van der Waals surface area contributed by atoms with Crippen molar-refractivity contribution in [3.8, 4) is 0 Å². The Hall–Kier alpha value is -1.82. The lowest BCUT2D eigenvalue weighted by Crippen LogP contribution is -2.31. The van der Waals surface area contributed by atoms with E-state index >= 15 is 0 Å². The molecule has 0 heterocycles. The topological polar surface area (TPSA) is 92.5 Å². The highest BCUT2D eigenvalue weighted by Gasteiger charge is 2.27. The number of hydrogen-bond acceptors (Lipinski definition) is 4. The second-order valence-electron chi connectivity index (χ2n) is 4.46. The molecule has 1 aromatic rings. The summed E-state index contributed by atoms with van der Waals surface area (Å²) in [6, 6.07) is 3.98. The number of benzene rings is 1. The molecule has 0 amide bonds. The summed E-state index contributed by atoms with van der Waals surface area (Å²) in [5.41, 5.74) is -0.592. The predicted molar refractivity (Wildman–Crippen MR) is 68.0 cm³/mol. The number of carboxylic acid groups (broad SMARTS) is 1. The van der Waals surface area contributed by atoms with Gasteiger partial charge in [0, 0.05) is 18.7 Å². The van der Waals surface area contributed by atoms with Gasteiger partial charge in [-0.05, 0) is 19.9 Å². The Morgan fingerprint density at radius 1 is 1.56 bits per heavy atom. The van der Waals surface area contributed by atoms with E-state index in [0.717, 1.165) is 0 Å². The monoisotopic (exact) mass is 272 g/mol. The molecule has 7 heteroatoms. The number of aliphatic carboxylic acids is 1. The van der Waals surface area contributed by atoms with Crippen LogP contribution in [-0.2, 0) is 4.79 Å². The first kappa shape index (κ1) is 14.2. The number of non-ortho nitro benzene ring substituents is 1. The van der Waals surface area contributed by atoms with Crippen LogP contribution in [0.2, 0.25) is 5.02 Å². The van der Waals surface area contributed by atoms with E-state index in [2.05, 4.69) is 5.32 Å². The fourth-order valence-corrected chi connectivity index (χ4v) is 1.39. The maximum atomic E-state index is 10.9. The highest BCUT2D eigenvalue weighted by atomic mass is 35.5. The largest absolute Gasteiger partial charge is 0.481 e. The molecule has 1 aromatic carbocycles. The maximum Gasteiger partial charge on any atom is 0.310 e. The molecule has 0 aliphatic rings. The number of rotatable bonds is 5. The average Bonchev–Trinajstić information content (AvgIpc) is 2.26. The van der Waals surface area contributed by atoms with Crippen LogP contribution in [0.4, 0.5) is 11.4 Å². The molecule has 1 rings (SSSR count). The molecule has 2 N–H and O–H groups in total. The van der Waals surface area contributed by atoms with Gasteiger partial charge in [-0.2, -0.15) is 0 Å². The van der Waals surface area contributed by atoms with Gasteiger partial charge in [-0.3, -0.25) is 14.9 Å². The predicted octanol–water partition coefficient (Wildman–Crippen LogP) is 2.77. The molecule has 98 valence electrons. The van der Waals surface area contributed by atoms with E-state index in [4.69, 9.17) is 16.7 Å². The molecule has 0 unspecified atom stereocenters. The van der Waals surface area contributed by atoms with E-state index in [1.807, 2.05) is 0 Å². The standard InChI is InChI=1S/C11H13ClN2O4/c1-11(2,10(15)16)6-13-9-4-3-7(14(17)18)5-8(9)12/h3-5,13H,6H2,1-2H3,(H,15,16). The molecule has 6 nitrogen and oxygen atoms in total. The van der Waals surface area contributed by atoms with Crippen molar-refractivity contribution >= 4 is 28.9 Å². The van der Waals surface area contributed by atoms with Crippen molar-refractivity contribution < 1.29 is 14.8 Å². The third kappa shape index (κ3) is 3.33. The van der Waals surface area contributed by atoms with Crippen LogP contribution < -0.4 is 5.32 Å². The summed E-state index contributed by atoms with van der Waals surface area (Å²) in [4.78, 5) is 20.9. The third-order valence-electron chi connectivity index (χ3n) is 2.46. The van der Waals surface area contributed by atoms with Crippen LogP contribution in [0.3, 0.4) is 0 Å². The second kappa shape index (κ2) is 5.22. The van der Waals surface area contributed by atoms with Crippen molar-refractivity contribution in [3.63, 3.8) is 0 Å². The Labute approximate surface area is 109 Å². The summed E-state index contributed by atoms with van der Waals surface area (Å²) in [5, 5.41) is 22.5. The van der Waals surface area contributed by atoms with Crippen LogP contribution in [0, 0.1) is 15.5 Å². The van der Waals surface area contributed by atoms with Crippen LogP contribution in [0.25, 0.3) is 0 Å². The molecular formula is C11H13ClN2O4. The number of anilines is 1. The highest BCUT2D eigenvalue weighted by Crippen LogP contribution is 2.27. The molecule has 0 aliphatic heterocycles. The number of nitrogens with one attached hydrogen (secondary N) is 1. The zero-order valence-electron chi connectivity index (χ0n) is 9.94. The molecule has 18 heavy (non-hydrogen) atoms. The zero-order chi connectivity index (χ0) is 13.9. The number of hydrogen-bond donors (Lipinski definition) is 2. The third-order valence-corrected chi connectivity index (χ3v) is 2.78. The van der Waals surface area contributed by atoms with Gasteiger partial charge in [0.15, 0.2) is 0 Å². The fraction of sp³-hybridized carbons (Fsp3) is 0.364. The smallest absolute Gasteiger partial charge is 0.310 e. The molecule has 0 radical (unpaired) electrons. The van der Waals surface area contributed by atoms with Gasteiger partial charge in [-0.25, -0.2) is 0 Å². The number of halogens is 1. The van der Waals surface area contributed by atoms with Crippen molar-refractivity contribution in [3.05, 3.63) is 33.3 Å². The number of nitro benzene ring substituents is 1. The number of carbonyl (C=O) groups is 1. The lowest BCUT2D eigenvalue weighted by Gasteiger charge is -2.20. The Morgan fingerprint density at radius 3 is 2.61 bits per heavy atom. The number of nitro groups is 1. The summed E-state index contributed by atoms with van der Waals surface area (Å²) in [5.74, 6) is -0.937. The molecule has 0 bridgehead atoms. The minimum absolute atomic E-state index is 0.108. The molecular weight excluding hydrogens is 260 g/mol. The van der Waals surface area contributed by atoms with Crippen molar-refractivity contribution in [1.29, 1.82) is 0 Å². The quantitative estimate of drug-likeness (QED) is 0.635. The molecule has 0 atom stereocenters. The normalized spacial score (nSPS) is 11.1. The summed E-state index contributed by atoms with van der Waals surface area (Å²) in [6.07, 6.45) is 0. The van der Waals surface area contributed by atoms with Gasteiger partial charge in [0.25, 0.3) is 5.69 Å². The highest BCUT2D eigenvalue weighted by molar-refractivity contribution is 6.33. The van der Waals surface area contributed by atoms with Gasteiger partial charge in [0.1, 0.15) is 0 Å². The van der Waals surface area contributed by atoms with Gasteiger partial charge in [0.2, 0.25) is 0 Å². The van der Waals surface area contributed by atoms with Crippen LogP contribution in [0.1, 0.15) is 13.8 Å². The zero-order valence-corrected chi connectivity index (χ0v) is 10.7. The lowest BCUT2D eigenvalue weighted by molar-refractivity contribution is -0.384. The van der Waals surface area contributed by atoms with Gasteiger partial charge in [-0.15, -0.1) is 0 Å². The Morgan fingerprint density at radius 2 is 2.17 bits per heavy atom. The van der Waals surface area contributed by atoms with Crippen LogP contribution in [0.5, 0.6) is 0 Å². The Balaban J connectivity index is 2.81. The average molecular weight is 273 g/mol. The van der Waals surface area contributed by atoms with Crippen molar-refractivity contribution in [2.24, 2.45) is 5.41 Å². The van der Waals surface area contributed by atoms with Gasteiger partial charge in [-0.1, -0.05) is 11.6 Å². The summed E-state index contributed by atoms with van der Waals surface area (Å²) in [7, 11) is 0. The fourth-order valence-electron chi connectivity index (χ4n) is 1.15. The van der Waals surface area contributed by atoms with Crippen LogP contribution >= 0.6 is 11.6 Å². The number of carboxylic acids is 1. The first-order valence-corrected chi connectivity index (χ1v) is 5.53. The van der Waals surface area contributed by atoms with E-state index < -0.39 is 16.3 Å². The van der Waals surface area contributed by atoms with Crippen molar-refractivity contribution in [2.75, 3.05) is 11.9 Å². The lowest BCUT2D eigenvalue weighted by atomic mass is 9.94. The molecule has 0 spiro atoms. The molecule has 0 saturated heterocycles.